The average molecular weight is 412 g/mol. The van der Waals surface area contributed by atoms with E-state index in [0.29, 0.717) is 24.6 Å². The maximum atomic E-state index is 12.8. The molecule has 0 spiro atoms. The zero-order chi connectivity index (χ0) is 21.3. The molecule has 3 aliphatic rings. The normalized spacial score (nSPS) is 26.4. The summed E-state index contributed by atoms with van der Waals surface area (Å²) in [6, 6.07) is 6.32. The summed E-state index contributed by atoms with van der Waals surface area (Å²) in [5, 5.41) is 2.36. The lowest BCUT2D eigenvalue weighted by Crippen LogP contribution is -2.52. The highest BCUT2D eigenvalue weighted by molar-refractivity contribution is 6.05. The molecular weight excluding hydrogens is 378 g/mol. The molecule has 1 saturated carbocycles. The van der Waals surface area contributed by atoms with E-state index >= 15 is 0 Å². The fraction of sp³-hybridized carbons (Fsp3) is 0.625. The molecule has 6 nitrogen and oxygen atoms in total. The van der Waals surface area contributed by atoms with Gasteiger partial charge >= 0.3 is 0 Å². The minimum absolute atomic E-state index is 0.0940. The Labute approximate surface area is 179 Å². The predicted molar refractivity (Wildman–Crippen MR) is 115 cm³/mol. The van der Waals surface area contributed by atoms with E-state index in [2.05, 4.69) is 36.2 Å². The van der Waals surface area contributed by atoms with Crippen LogP contribution in [0.1, 0.15) is 73.9 Å². The van der Waals surface area contributed by atoms with Gasteiger partial charge in [-0.2, -0.15) is 0 Å². The third-order valence-electron chi connectivity index (χ3n) is 7.29. The number of fused-ring (bicyclic) bond motifs is 1. The predicted octanol–water partition coefficient (Wildman–Crippen LogP) is 2.89. The number of hydrogen-bond donors (Lipinski definition) is 1. The first kappa shape index (κ1) is 21.0. The van der Waals surface area contributed by atoms with Gasteiger partial charge in [0.05, 0.1) is 0 Å². The van der Waals surface area contributed by atoms with Gasteiger partial charge in [0.2, 0.25) is 11.8 Å². The third kappa shape index (κ3) is 4.02. The van der Waals surface area contributed by atoms with Gasteiger partial charge in [-0.1, -0.05) is 32.4 Å². The van der Waals surface area contributed by atoms with E-state index in [0.717, 1.165) is 31.0 Å². The van der Waals surface area contributed by atoms with E-state index in [4.69, 9.17) is 0 Å². The lowest BCUT2D eigenvalue weighted by atomic mass is 9.93. The highest BCUT2D eigenvalue weighted by Gasteiger charge is 2.39. The van der Waals surface area contributed by atoms with Gasteiger partial charge in [0.15, 0.2) is 0 Å². The summed E-state index contributed by atoms with van der Waals surface area (Å²) in [6.07, 6.45) is 6.86. The molecule has 3 atom stereocenters. The first-order valence-electron chi connectivity index (χ1n) is 11.5. The van der Waals surface area contributed by atoms with E-state index in [1.54, 1.807) is 4.90 Å². The summed E-state index contributed by atoms with van der Waals surface area (Å²) in [5.41, 5.74) is 2.98. The summed E-state index contributed by atoms with van der Waals surface area (Å²) >= 11 is 0. The Morgan fingerprint density at radius 3 is 2.63 bits per heavy atom. The summed E-state index contributed by atoms with van der Waals surface area (Å²) in [4.78, 5) is 40.7. The molecule has 1 aliphatic carbocycles. The highest BCUT2D eigenvalue weighted by Crippen LogP contribution is 2.34. The van der Waals surface area contributed by atoms with Crippen molar-refractivity contribution in [2.75, 3.05) is 13.1 Å². The smallest absolute Gasteiger partial charge is 0.255 e. The number of nitrogens with zero attached hydrogens (tertiary/aromatic N) is 2. The zero-order valence-corrected chi connectivity index (χ0v) is 18.2. The van der Waals surface area contributed by atoms with Gasteiger partial charge in [0.1, 0.15) is 6.04 Å². The van der Waals surface area contributed by atoms with E-state index in [1.165, 1.54) is 31.2 Å². The van der Waals surface area contributed by atoms with Gasteiger partial charge in [-0.3, -0.25) is 19.7 Å². The molecule has 4 rings (SSSR count). The van der Waals surface area contributed by atoms with Crippen LogP contribution in [-0.4, -0.2) is 52.7 Å². The number of piperidine rings is 1. The molecule has 0 aromatic heterocycles. The van der Waals surface area contributed by atoms with E-state index in [-0.39, 0.29) is 24.1 Å². The van der Waals surface area contributed by atoms with Crippen molar-refractivity contribution in [1.82, 2.24) is 15.1 Å². The van der Waals surface area contributed by atoms with Crippen LogP contribution in [0.2, 0.25) is 0 Å². The Kier molecular flexibility index (Phi) is 6.23. The van der Waals surface area contributed by atoms with Crippen LogP contribution in [0, 0.1) is 5.92 Å². The Balaban J connectivity index is 1.41. The minimum Gasteiger partial charge on any atom is -0.322 e. The molecule has 162 valence electrons. The van der Waals surface area contributed by atoms with Crippen LogP contribution < -0.4 is 5.32 Å². The van der Waals surface area contributed by atoms with Crippen molar-refractivity contribution in [2.45, 2.75) is 77.4 Å². The molecule has 30 heavy (non-hydrogen) atoms. The molecule has 1 aromatic carbocycles. The number of aryl methyl sites for hydroxylation is 1. The topological polar surface area (TPSA) is 69.7 Å². The van der Waals surface area contributed by atoms with Crippen LogP contribution in [-0.2, 0) is 22.6 Å². The van der Waals surface area contributed by atoms with Crippen LogP contribution >= 0.6 is 0 Å². The van der Waals surface area contributed by atoms with Gasteiger partial charge in [-0.15, -0.1) is 0 Å². The van der Waals surface area contributed by atoms with Crippen molar-refractivity contribution in [2.24, 2.45) is 5.92 Å². The molecule has 1 unspecified atom stereocenters. The van der Waals surface area contributed by atoms with E-state index < -0.39 is 6.04 Å². The van der Waals surface area contributed by atoms with Crippen LogP contribution in [0.25, 0.3) is 0 Å². The molecule has 0 bridgehead atoms. The summed E-state index contributed by atoms with van der Waals surface area (Å²) in [7, 11) is 0. The fourth-order valence-electron chi connectivity index (χ4n) is 5.66. The lowest BCUT2D eigenvalue weighted by Gasteiger charge is -2.31. The monoisotopic (exact) mass is 411 g/mol. The molecule has 0 radical (unpaired) electrons. The number of hydrogen-bond acceptors (Lipinski definition) is 4. The lowest BCUT2D eigenvalue weighted by molar-refractivity contribution is -0.136. The van der Waals surface area contributed by atoms with Crippen LogP contribution in [0.3, 0.4) is 0 Å². The van der Waals surface area contributed by atoms with Crippen molar-refractivity contribution in [3.05, 3.63) is 34.9 Å². The van der Waals surface area contributed by atoms with Crippen molar-refractivity contribution in [3.63, 3.8) is 0 Å². The number of imide groups is 1. The minimum atomic E-state index is -0.542. The first-order valence-corrected chi connectivity index (χ1v) is 11.5. The largest absolute Gasteiger partial charge is 0.322 e. The summed E-state index contributed by atoms with van der Waals surface area (Å²) in [5.74, 6) is 0.0529. The third-order valence-corrected chi connectivity index (χ3v) is 7.29. The SMILES string of the molecule is CCN(CC)[C@H]1CCC[C@H]1CCc1ccc2c(c1)CN(C1CCC(=O)NC1=O)C2=O. The van der Waals surface area contributed by atoms with Crippen LogP contribution in [0.4, 0.5) is 0 Å². The van der Waals surface area contributed by atoms with E-state index in [1.807, 2.05) is 6.07 Å². The number of amides is 3. The second-order valence-electron chi connectivity index (χ2n) is 8.91. The van der Waals surface area contributed by atoms with Gasteiger partial charge in [0.25, 0.3) is 5.91 Å². The standard InChI is InChI=1S/C24H33N3O3/c1-3-26(4-2)20-7-5-6-17(20)10-8-16-9-11-19-18(14-16)15-27(24(19)30)21-12-13-22(28)25-23(21)29/h9,11,14,17,20-21H,3-8,10,12-13,15H2,1-2H3,(H,25,28,29)/t17-,20-,21?/m0/s1. The fourth-order valence-corrected chi connectivity index (χ4v) is 5.66. The number of benzene rings is 1. The van der Waals surface area contributed by atoms with Crippen molar-refractivity contribution in [3.8, 4) is 0 Å². The van der Waals surface area contributed by atoms with Crippen LogP contribution in [0.5, 0.6) is 0 Å². The van der Waals surface area contributed by atoms with Crippen molar-refractivity contribution >= 4 is 17.7 Å². The van der Waals surface area contributed by atoms with E-state index in [9.17, 15) is 14.4 Å². The average Bonchev–Trinajstić information content (AvgIpc) is 3.32. The first-order chi connectivity index (χ1) is 14.5. The molecule has 2 aliphatic heterocycles. The summed E-state index contributed by atoms with van der Waals surface area (Å²) in [6.45, 7) is 7.21. The van der Waals surface area contributed by atoms with Gasteiger partial charge in [-0.05, 0) is 68.3 Å². The Hall–Kier alpha value is -2.21. The van der Waals surface area contributed by atoms with Gasteiger partial charge < -0.3 is 9.80 Å². The second-order valence-corrected chi connectivity index (χ2v) is 8.91. The highest BCUT2D eigenvalue weighted by atomic mass is 16.2. The molecule has 1 saturated heterocycles. The molecule has 6 heteroatoms. The number of nitrogens with one attached hydrogen (secondary N) is 1. The maximum absolute atomic E-state index is 12.8. The molecule has 2 heterocycles. The molecule has 1 N–H and O–H groups in total. The van der Waals surface area contributed by atoms with Gasteiger partial charge in [-0.25, -0.2) is 0 Å². The van der Waals surface area contributed by atoms with Gasteiger partial charge in [0, 0.05) is 24.6 Å². The maximum Gasteiger partial charge on any atom is 0.255 e. The Morgan fingerprint density at radius 2 is 1.90 bits per heavy atom. The molecule has 1 aromatic rings. The molecule has 2 fully saturated rings. The second kappa shape index (κ2) is 8.88. The van der Waals surface area contributed by atoms with Crippen molar-refractivity contribution < 1.29 is 14.4 Å². The number of carbonyl (C=O) groups is 3. The number of carbonyl (C=O) groups excluding carboxylic acids is 3. The molecular formula is C24H33N3O3. The quantitative estimate of drug-likeness (QED) is 0.701. The Morgan fingerprint density at radius 1 is 1.10 bits per heavy atom. The molecule has 3 amide bonds. The number of rotatable bonds is 7. The zero-order valence-electron chi connectivity index (χ0n) is 18.2. The Bertz CT molecular complexity index is 833. The van der Waals surface area contributed by atoms with Crippen molar-refractivity contribution in [1.29, 1.82) is 0 Å². The van der Waals surface area contributed by atoms with Crippen LogP contribution in [0.15, 0.2) is 18.2 Å². The summed E-state index contributed by atoms with van der Waals surface area (Å²) < 4.78 is 0.